The Bertz CT molecular complexity index is 371. The van der Waals surface area contributed by atoms with E-state index in [1.165, 1.54) is 18.9 Å². The quantitative estimate of drug-likeness (QED) is 0.478. The summed E-state index contributed by atoms with van der Waals surface area (Å²) in [4.78, 5) is 19.5. The highest BCUT2D eigenvalue weighted by Crippen LogP contribution is 2.17. The largest absolute Gasteiger partial charge is 0.468 e. The van der Waals surface area contributed by atoms with Gasteiger partial charge in [-0.15, -0.1) is 0 Å². The van der Waals surface area contributed by atoms with E-state index in [1.54, 1.807) is 0 Å². The van der Waals surface area contributed by atoms with E-state index < -0.39 is 0 Å². The average Bonchev–Trinajstić information content (AvgIpc) is 2.25. The van der Waals surface area contributed by atoms with Gasteiger partial charge in [-0.3, -0.25) is 4.79 Å². The van der Waals surface area contributed by atoms with Gasteiger partial charge in [-0.05, 0) is 19.9 Å². The summed E-state index contributed by atoms with van der Waals surface area (Å²) in [6, 6.07) is 1.84. The Balaban J connectivity index is 2.68. The predicted molar refractivity (Wildman–Crippen MR) is 63.7 cm³/mol. The van der Waals surface area contributed by atoms with Gasteiger partial charge in [0.15, 0.2) is 0 Å². The number of esters is 1. The smallest absolute Gasteiger partial charge is 0.316 e. The van der Waals surface area contributed by atoms with Crippen LogP contribution in [0.4, 0.5) is 5.95 Å². The van der Waals surface area contributed by atoms with Crippen LogP contribution >= 0.6 is 11.8 Å². The Kier molecular flexibility index (Phi) is 5.04. The summed E-state index contributed by atoms with van der Waals surface area (Å²) in [6.07, 6.45) is 0. The topological polar surface area (TPSA) is 64.1 Å². The zero-order chi connectivity index (χ0) is 12.0. The summed E-state index contributed by atoms with van der Waals surface area (Å²) in [6.45, 7) is 4.64. The van der Waals surface area contributed by atoms with Crippen molar-refractivity contribution in [3.05, 3.63) is 11.8 Å². The molecule has 0 aliphatic rings. The van der Waals surface area contributed by atoms with Gasteiger partial charge in [0.2, 0.25) is 5.95 Å². The summed E-state index contributed by atoms with van der Waals surface area (Å²) < 4.78 is 4.56. The number of hydrogen-bond acceptors (Lipinski definition) is 6. The molecule has 0 aromatic carbocycles. The second-order valence-corrected chi connectivity index (χ2v) is 4.06. The molecule has 1 aromatic heterocycles. The van der Waals surface area contributed by atoms with Crippen LogP contribution in [0.2, 0.25) is 0 Å². The van der Waals surface area contributed by atoms with Crippen LogP contribution in [0.25, 0.3) is 0 Å². The molecule has 5 nitrogen and oxygen atoms in total. The van der Waals surface area contributed by atoms with Crippen LogP contribution in [0.5, 0.6) is 0 Å². The summed E-state index contributed by atoms with van der Waals surface area (Å²) >= 11 is 1.34. The first-order valence-electron chi connectivity index (χ1n) is 4.95. The third-order valence-corrected chi connectivity index (χ3v) is 2.62. The Morgan fingerprint density at radius 1 is 1.56 bits per heavy atom. The standard InChI is InChI=1S/C10H15N3O2S/c1-4-11-10-12-7(2)5-8(13-10)16-6-9(14)15-3/h5H,4,6H2,1-3H3,(H,11,12,13). The van der Waals surface area contributed by atoms with Gasteiger partial charge in [0.05, 0.1) is 12.9 Å². The summed E-state index contributed by atoms with van der Waals surface area (Å²) in [5, 5.41) is 3.81. The number of anilines is 1. The van der Waals surface area contributed by atoms with Gasteiger partial charge in [-0.1, -0.05) is 11.8 Å². The molecule has 0 atom stereocenters. The van der Waals surface area contributed by atoms with Crippen LogP contribution in [0.15, 0.2) is 11.1 Å². The number of rotatable bonds is 5. The van der Waals surface area contributed by atoms with Crippen molar-refractivity contribution in [1.82, 2.24) is 9.97 Å². The van der Waals surface area contributed by atoms with Crippen molar-refractivity contribution in [3.63, 3.8) is 0 Å². The van der Waals surface area contributed by atoms with Gasteiger partial charge in [-0.25, -0.2) is 9.97 Å². The van der Waals surface area contributed by atoms with Crippen LogP contribution in [-0.2, 0) is 9.53 Å². The Morgan fingerprint density at radius 2 is 2.31 bits per heavy atom. The van der Waals surface area contributed by atoms with Crippen LogP contribution in [0, 0.1) is 6.92 Å². The highest BCUT2D eigenvalue weighted by Gasteiger charge is 2.05. The molecule has 1 rings (SSSR count). The lowest BCUT2D eigenvalue weighted by Gasteiger charge is -2.05. The maximum absolute atomic E-state index is 11.0. The molecule has 0 fully saturated rings. The van der Waals surface area contributed by atoms with Gasteiger partial charge in [-0.2, -0.15) is 0 Å². The summed E-state index contributed by atoms with van der Waals surface area (Å²) in [7, 11) is 1.37. The fraction of sp³-hybridized carbons (Fsp3) is 0.500. The highest BCUT2D eigenvalue weighted by molar-refractivity contribution is 7.99. The lowest BCUT2D eigenvalue weighted by molar-refractivity contribution is -0.137. The molecule has 0 bridgehead atoms. The predicted octanol–water partition coefficient (Wildman–Crippen LogP) is 1.48. The zero-order valence-electron chi connectivity index (χ0n) is 9.61. The maximum atomic E-state index is 11.0. The van der Waals surface area contributed by atoms with Gasteiger partial charge in [0, 0.05) is 12.2 Å². The number of aryl methyl sites for hydroxylation is 1. The van der Waals surface area contributed by atoms with E-state index in [9.17, 15) is 4.79 Å². The van der Waals surface area contributed by atoms with Crippen molar-refractivity contribution in [2.45, 2.75) is 18.9 Å². The molecule has 0 amide bonds. The molecule has 0 saturated heterocycles. The number of hydrogen-bond donors (Lipinski definition) is 1. The van der Waals surface area contributed by atoms with E-state index in [2.05, 4.69) is 20.0 Å². The van der Waals surface area contributed by atoms with Crippen molar-refractivity contribution < 1.29 is 9.53 Å². The van der Waals surface area contributed by atoms with Crippen molar-refractivity contribution in [2.24, 2.45) is 0 Å². The molecule has 0 unspecified atom stereocenters. The minimum Gasteiger partial charge on any atom is -0.468 e. The van der Waals surface area contributed by atoms with Gasteiger partial charge in [0.1, 0.15) is 5.03 Å². The van der Waals surface area contributed by atoms with Crippen LogP contribution in [0.3, 0.4) is 0 Å². The second-order valence-electron chi connectivity index (χ2n) is 3.07. The van der Waals surface area contributed by atoms with Crippen LogP contribution in [-0.4, -0.2) is 35.3 Å². The third-order valence-electron chi connectivity index (χ3n) is 1.73. The Morgan fingerprint density at radius 3 is 2.94 bits per heavy atom. The molecule has 6 heteroatoms. The normalized spacial score (nSPS) is 9.94. The van der Waals surface area contributed by atoms with E-state index in [0.717, 1.165) is 17.3 Å². The van der Waals surface area contributed by atoms with Crippen molar-refractivity contribution in [3.8, 4) is 0 Å². The lowest BCUT2D eigenvalue weighted by Crippen LogP contribution is -2.06. The summed E-state index contributed by atoms with van der Waals surface area (Å²) in [5.41, 5.74) is 0.873. The van der Waals surface area contributed by atoms with E-state index in [0.29, 0.717) is 5.95 Å². The first kappa shape index (κ1) is 12.8. The molecule has 0 aliphatic heterocycles. The number of nitrogens with one attached hydrogen (secondary N) is 1. The second kappa shape index (κ2) is 6.32. The van der Waals surface area contributed by atoms with Crippen molar-refractivity contribution >= 4 is 23.7 Å². The summed E-state index contributed by atoms with van der Waals surface area (Å²) in [5.74, 6) is 0.597. The number of methoxy groups -OCH3 is 1. The molecular weight excluding hydrogens is 226 g/mol. The molecule has 1 heterocycles. The number of carbonyl (C=O) groups is 1. The Labute approximate surface area is 99.0 Å². The van der Waals surface area contributed by atoms with Gasteiger partial charge < -0.3 is 10.1 Å². The van der Waals surface area contributed by atoms with Gasteiger partial charge >= 0.3 is 5.97 Å². The number of thioether (sulfide) groups is 1. The zero-order valence-corrected chi connectivity index (χ0v) is 10.4. The molecule has 1 aromatic rings. The van der Waals surface area contributed by atoms with Crippen molar-refractivity contribution in [1.29, 1.82) is 0 Å². The number of aromatic nitrogens is 2. The first-order valence-corrected chi connectivity index (χ1v) is 5.93. The molecule has 0 saturated carbocycles. The minimum absolute atomic E-state index is 0.258. The highest BCUT2D eigenvalue weighted by atomic mass is 32.2. The molecule has 1 N–H and O–H groups in total. The average molecular weight is 241 g/mol. The molecule has 0 aliphatic carbocycles. The van der Waals surface area contributed by atoms with Crippen LogP contribution < -0.4 is 5.32 Å². The van der Waals surface area contributed by atoms with E-state index in [-0.39, 0.29) is 11.7 Å². The Hall–Kier alpha value is -1.30. The number of carbonyl (C=O) groups excluding carboxylic acids is 1. The minimum atomic E-state index is -0.258. The lowest BCUT2D eigenvalue weighted by atomic mass is 10.5. The fourth-order valence-corrected chi connectivity index (χ4v) is 1.83. The molecule has 16 heavy (non-hydrogen) atoms. The number of nitrogens with zero attached hydrogens (tertiary/aromatic N) is 2. The molecule has 0 radical (unpaired) electrons. The van der Waals surface area contributed by atoms with Crippen molar-refractivity contribution in [2.75, 3.05) is 24.7 Å². The molecular formula is C10H15N3O2S. The SMILES string of the molecule is CCNc1nc(C)cc(SCC(=O)OC)n1. The van der Waals surface area contributed by atoms with Crippen LogP contribution in [0.1, 0.15) is 12.6 Å². The van der Waals surface area contributed by atoms with Gasteiger partial charge in [0.25, 0.3) is 0 Å². The van der Waals surface area contributed by atoms with E-state index in [4.69, 9.17) is 0 Å². The molecule has 88 valence electrons. The third kappa shape index (κ3) is 4.06. The maximum Gasteiger partial charge on any atom is 0.316 e. The first-order chi connectivity index (χ1) is 7.65. The number of ether oxygens (including phenoxy) is 1. The van der Waals surface area contributed by atoms with E-state index in [1.807, 2.05) is 19.9 Å². The monoisotopic (exact) mass is 241 g/mol. The fourth-order valence-electron chi connectivity index (χ4n) is 1.04. The van der Waals surface area contributed by atoms with E-state index >= 15 is 0 Å². The molecule has 0 spiro atoms.